The van der Waals surface area contributed by atoms with E-state index in [1.807, 2.05) is 51.1 Å². The SMILES string of the molecule is CCOc1ccc(/C(O)=C2/C(=O)C(=O)N(c3ccc(N4CCN(C)CC4)cc3)C2c2ccco2)cc1C(C)C. The van der Waals surface area contributed by atoms with Crippen molar-refractivity contribution in [2.75, 3.05) is 49.6 Å². The highest BCUT2D eigenvalue weighted by Gasteiger charge is 2.48. The molecule has 39 heavy (non-hydrogen) atoms. The third kappa shape index (κ3) is 5.04. The zero-order valence-electron chi connectivity index (χ0n) is 22.9. The van der Waals surface area contributed by atoms with Crippen molar-refractivity contribution in [1.82, 2.24) is 4.90 Å². The zero-order valence-corrected chi connectivity index (χ0v) is 22.9. The van der Waals surface area contributed by atoms with Gasteiger partial charge in [-0.25, -0.2) is 0 Å². The van der Waals surface area contributed by atoms with E-state index in [0.717, 1.165) is 43.2 Å². The Morgan fingerprint density at radius 2 is 1.72 bits per heavy atom. The first-order valence-corrected chi connectivity index (χ1v) is 13.4. The average molecular weight is 530 g/mol. The third-order valence-corrected chi connectivity index (χ3v) is 7.46. The van der Waals surface area contributed by atoms with Crippen LogP contribution in [0, 0.1) is 0 Å². The van der Waals surface area contributed by atoms with E-state index in [4.69, 9.17) is 9.15 Å². The number of furan rings is 1. The summed E-state index contributed by atoms with van der Waals surface area (Å²) in [5.74, 6) is -0.448. The van der Waals surface area contributed by atoms with E-state index in [0.29, 0.717) is 23.6 Å². The summed E-state index contributed by atoms with van der Waals surface area (Å²) >= 11 is 0. The number of nitrogens with zero attached hydrogens (tertiary/aromatic N) is 3. The molecular formula is C31H35N3O5. The maximum absolute atomic E-state index is 13.5. The molecule has 1 atom stereocenters. The maximum atomic E-state index is 13.5. The second kappa shape index (κ2) is 11.0. The van der Waals surface area contributed by atoms with E-state index in [1.54, 1.807) is 24.3 Å². The maximum Gasteiger partial charge on any atom is 0.300 e. The van der Waals surface area contributed by atoms with Crippen molar-refractivity contribution >= 4 is 28.8 Å². The van der Waals surface area contributed by atoms with Crippen LogP contribution < -0.4 is 14.5 Å². The van der Waals surface area contributed by atoms with Crippen LogP contribution in [0.1, 0.15) is 49.6 Å². The Morgan fingerprint density at radius 3 is 2.33 bits per heavy atom. The van der Waals surface area contributed by atoms with Crippen molar-refractivity contribution in [2.24, 2.45) is 0 Å². The number of hydrogen-bond acceptors (Lipinski definition) is 7. The molecule has 0 spiro atoms. The van der Waals surface area contributed by atoms with Gasteiger partial charge in [-0.1, -0.05) is 13.8 Å². The minimum atomic E-state index is -0.899. The molecule has 2 aliphatic heterocycles. The topological polar surface area (TPSA) is 86.5 Å². The number of ether oxygens (including phenoxy) is 1. The Labute approximate surface area is 229 Å². The van der Waals surface area contributed by atoms with Crippen LogP contribution in [0.15, 0.2) is 70.9 Å². The summed E-state index contributed by atoms with van der Waals surface area (Å²) in [4.78, 5) is 32.9. The number of anilines is 2. The quantitative estimate of drug-likeness (QED) is 0.256. The number of aliphatic hydroxyl groups excluding tert-OH is 1. The lowest BCUT2D eigenvalue weighted by Crippen LogP contribution is -2.44. The molecule has 1 aromatic heterocycles. The van der Waals surface area contributed by atoms with Crippen LogP contribution in [0.3, 0.4) is 0 Å². The molecular weight excluding hydrogens is 494 g/mol. The fourth-order valence-electron chi connectivity index (χ4n) is 5.29. The highest BCUT2D eigenvalue weighted by molar-refractivity contribution is 6.51. The monoisotopic (exact) mass is 529 g/mol. The summed E-state index contributed by atoms with van der Waals surface area (Å²) in [6, 6.07) is 15.5. The van der Waals surface area contributed by atoms with Gasteiger partial charge in [-0.3, -0.25) is 14.5 Å². The normalized spacial score (nSPS) is 19.8. The van der Waals surface area contributed by atoms with Crippen molar-refractivity contribution in [2.45, 2.75) is 32.7 Å². The number of ketones is 1. The van der Waals surface area contributed by atoms with Crippen LogP contribution in [-0.4, -0.2) is 61.5 Å². The van der Waals surface area contributed by atoms with Gasteiger partial charge in [-0.05, 0) is 80.1 Å². The van der Waals surface area contributed by atoms with E-state index < -0.39 is 17.7 Å². The fourth-order valence-corrected chi connectivity index (χ4v) is 5.29. The molecule has 2 aromatic carbocycles. The Bertz CT molecular complexity index is 1370. The number of carbonyl (C=O) groups excluding carboxylic acids is 2. The fraction of sp³-hybridized carbons (Fsp3) is 0.355. The number of piperazine rings is 1. The first-order chi connectivity index (χ1) is 18.8. The smallest absolute Gasteiger partial charge is 0.300 e. The molecule has 3 aromatic rings. The van der Waals surface area contributed by atoms with Crippen LogP contribution in [-0.2, 0) is 9.59 Å². The van der Waals surface area contributed by atoms with Crippen molar-refractivity contribution in [1.29, 1.82) is 0 Å². The Hall–Kier alpha value is -4.04. The van der Waals surface area contributed by atoms with E-state index >= 15 is 0 Å². The van der Waals surface area contributed by atoms with E-state index in [1.165, 1.54) is 11.2 Å². The van der Waals surface area contributed by atoms with Crippen LogP contribution in [0.5, 0.6) is 5.75 Å². The number of benzene rings is 2. The number of amides is 1. The summed E-state index contributed by atoms with van der Waals surface area (Å²) in [6.07, 6.45) is 1.50. The molecule has 2 fully saturated rings. The molecule has 2 aliphatic rings. The third-order valence-electron chi connectivity index (χ3n) is 7.46. The van der Waals surface area contributed by atoms with Crippen molar-refractivity contribution in [3.05, 3.63) is 83.3 Å². The highest BCUT2D eigenvalue weighted by atomic mass is 16.5. The van der Waals surface area contributed by atoms with Crippen LogP contribution in [0.2, 0.25) is 0 Å². The Morgan fingerprint density at radius 1 is 1.03 bits per heavy atom. The molecule has 1 unspecified atom stereocenters. The number of likely N-dealkylation sites (N-methyl/N-ethyl adjacent to an activating group) is 1. The Balaban J connectivity index is 1.55. The van der Waals surface area contributed by atoms with Crippen LogP contribution >= 0.6 is 0 Å². The lowest BCUT2D eigenvalue weighted by Gasteiger charge is -2.34. The lowest BCUT2D eigenvalue weighted by molar-refractivity contribution is -0.132. The first-order valence-electron chi connectivity index (χ1n) is 13.4. The molecule has 5 rings (SSSR count). The van der Waals surface area contributed by atoms with Crippen molar-refractivity contribution in [3.8, 4) is 5.75 Å². The van der Waals surface area contributed by atoms with Gasteiger partial charge >= 0.3 is 0 Å². The molecule has 8 nitrogen and oxygen atoms in total. The van der Waals surface area contributed by atoms with Gasteiger partial charge in [0.15, 0.2) is 0 Å². The van der Waals surface area contributed by atoms with Gasteiger partial charge < -0.3 is 24.1 Å². The number of hydrogen-bond donors (Lipinski definition) is 1. The van der Waals surface area contributed by atoms with Gasteiger partial charge in [0.05, 0.1) is 18.4 Å². The standard InChI is InChI=1S/C31H35N3O5/c1-5-38-25-13-8-21(19-24(25)20(2)3)29(35)27-28(26-7-6-18-39-26)34(31(37)30(27)36)23-11-9-22(10-12-23)33-16-14-32(4)15-17-33/h6-13,18-20,28,35H,5,14-17H2,1-4H3/b29-27-. The van der Waals surface area contributed by atoms with Gasteiger partial charge in [0.25, 0.3) is 11.7 Å². The second-order valence-electron chi connectivity index (χ2n) is 10.3. The lowest BCUT2D eigenvalue weighted by atomic mass is 9.95. The number of carbonyl (C=O) groups is 2. The number of rotatable bonds is 7. The summed E-state index contributed by atoms with van der Waals surface area (Å²) in [5, 5.41) is 11.5. The molecule has 1 amide bonds. The van der Waals surface area contributed by atoms with E-state index in [9.17, 15) is 14.7 Å². The molecule has 0 aliphatic carbocycles. The summed E-state index contributed by atoms with van der Waals surface area (Å²) in [7, 11) is 2.11. The van der Waals surface area contributed by atoms with Gasteiger partial charge in [0, 0.05) is 43.1 Å². The van der Waals surface area contributed by atoms with Gasteiger partial charge in [0.1, 0.15) is 23.3 Å². The average Bonchev–Trinajstić information content (AvgIpc) is 3.56. The Kier molecular flexibility index (Phi) is 7.48. The van der Waals surface area contributed by atoms with Crippen LogP contribution in [0.25, 0.3) is 5.76 Å². The highest BCUT2D eigenvalue weighted by Crippen LogP contribution is 2.43. The van der Waals surface area contributed by atoms with Crippen molar-refractivity contribution < 1.29 is 23.8 Å². The molecule has 3 heterocycles. The number of aliphatic hydroxyl groups is 1. The van der Waals surface area contributed by atoms with Gasteiger partial charge in [0.2, 0.25) is 0 Å². The molecule has 2 saturated heterocycles. The van der Waals surface area contributed by atoms with E-state index in [-0.39, 0.29) is 17.3 Å². The first kappa shape index (κ1) is 26.6. The molecule has 8 heteroatoms. The van der Waals surface area contributed by atoms with Gasteiger partial charge in [-0.15, -0.1) is 0 Å². The summed E-state index contributed by atoms with van der Waals surface area (Å²) in [6.45, 7) is 10.3. The molecule has 0 saturated carbocycles. The van der Waals surface area contributed by atoms with Crippen molar-refractivity contribution in [3.63, 3.8) is 0 Å². The minimum absolute atomic E-state index is 0.00281. The largest absolute Gasteiger partial charge is 0.507 e. The van der Waals surface area contributed by atoms with Gasteiger partial charge in [-0.2, -0.15) is 0 Å². The number of Topliss-reactive ketones (excluding diaryl/α,β-unsaturated/α-hetero) is 1. The predicted octanol–water partition coefficient (Wildman–Crippen LogP) is 5.18. The van der Waals surface area contributed by atoms with Crippen LogP contribution in [0.4, 0.5) is 11.4 Å². The zero-order chi connectivity index (χ0) is 27.7. The molecule has 1 N–H and O–H groups in total. The minimum Gasteiger partial charge on any atom is -0.507 e. The summed E-state index contributed by atoms with van der Waals surface area (Å²) < 4.78 is 11.5. The molecule has 204 valence electrons. The second-order valence-corrected chi connectivity index (χ2v) is 10.3. The predicted molar refractivity (Wildman–Crippen MR) is 151 cm³/mol. The summed E-state index contributed by atoms with van der Waals surface area (Å²) in [5.41, 5.74) is 2.97. The molecule has 0 radical (unpaired) electrons. The van der Waals surface area contributed by atoms with E-state index in [2.05, 4.69) is 16.8 Å². The molecule has 0 bridgehead atoms.